The molecule has 420 valence electrons. The van der Waals surface area contributed by atoms with Gasteiger partial charge in [0.15, 0.2) is 24.5 Å². The van der Waals surface area contributed by atoms with E-state index in [1.807, 2.05) is 6.92 Å². The standard InChI is InChI=1S/C52H86BrN7O14/c1-4-34-26-36(48(66)58-20-19-57-28-33-12-13-35(37(53)24-33)29-60-22-9-16-55-18-17-54-14-8-15-56-21-23-60)27-38-45(34)73-51-44(64)43(63)47(65)52(3,74-51)69-30-40-42(62)46(41(59-31(2)61)50(71-38)72-40)70-39(49(67)68)25-32-10-6-5-7-11-32/h12-13,24,32,34,36,38-47,50-51,54-57,62-65H,4-11,14-23,25-30H2,1-3H3,(H,58,66)(H,59,61)(H,67,68)/t34?,36?,38?,39-,40?,41?,42?,43?,44?,45?,46?,47?,50?,51?,52?/m0/s1. The Labute approximate surface area is 444 Å². The number of carbonyl (C=O) groups is 3. The number of halogens is 1. The van der Waals surface area contributed by atoms with Gasteiger partial charge in [0.1, 0.15) is 42.7 Å². The Balaban J connectivity index is 1.02. The Morgan fingerprint density at radius 3 is 2.31 bits per heavy atom. The second kappa shape index (κ2) is 28.9. The molecule has 15 atom stereocenters. The van der Waals surface area contributed by atoms with Gasteiger partial charge in [0.25, 0.3) is 0 Å². The summed E-state index contributed by atoms with van der Waals surface area (Å²) in [6, 6.07) is 5.21. The van der Waals surface area contributed by atoms with Crippen molar-refractivity contribution in [1.82, 2.24) is 36.8 Å². The van der Waals surface area contributed by atoms with Crippen LogP contribution in [0.15, 0.2) is 22.7 Å². The number of amides is 2. The first kappa shape index (κ1) is 59.2. The van der Waals surface area contributed by atoms with E-state index in [0.29, 0.717) is 32.5 Å². The average Bonchev–Trinajstić information content (AvgIpc) is 3.37. The van der Waals surface area contributed by atoms with Crippen molar-refractivity contribution in [3.63, 3.8) is 0 Å². The third kappa shape index (κ3) is 16.3. The van der Waals surface area contributed by atoms with Crippen molar-refractivity contribution in [2.24, 2.45) is 17.8 Å². The Hall–Kier alpha value is -2.49. The van der Waals surface area contributed by atoms with E-state index in [-0.39, 0.29) is 30.6 Å². The molecule has 0 spiro atoms. The van der Waals surface area contributed by atoms with Crippen LogP contribution < -0.4 is 31.9 Å². The fraction of sp³-hybridized carbons (Fsp3) is 0.827. The summed E-state index contributed by atoms with van der Waals surface area (Å²) in [5.74, 6) is -4.81. The lowest BCUT2D eigenvalue weighted by Gasteiger charge is -2.52. The number of carbonyl (C=O) groups excluding carboxylic acids is 2. The Morgan fingerprint density at radius 1 is 0.865 bits per heavy atom. The topological polar surface area (TPSA) is 283 Å². The highest BCUT2D eigenvalue weighted by Gasteiger charge is 2.57. The second-order valence-corrected chi connectivity index (χ2v) is 22.3. The van der Waals surface area contributed by atoms with Crippen molar-refractivity contribution in [3.8, 4) is 0 Å². The van der Waals surface area contributed by atoms with E-state index >= 15 is 0 Å². The van der Waals surface area contributed by atoms with Crippen molar-refractivity contribution in [3.05, 3.63) is 33.8 Å². The van der Waals surface area contributed by atoms with Crippen LogP contribution in [-0.4, -0.2) is 200 Å². The first-order chi connectivity index (χ1) is 35.6. The molecule has 7 rings (SSSR count). The number of benzene rings is 1. The molecule has 4 bridgehead atoms. The molecule has 11 N–H and O–H groups in total. The van der Waals surface area contributed by atoms with Gasteiger partial charge >= 0.3 is 5.97 Å². The number of nitrogens with one attached hydrogen (secondary N) is 6. The SMILES string of the molecule is CCC1CC(C(=O)NCCNCc2ccc(CN3CCCNCCNCCCNCC3)c(Br)c2)CC2OC3OC(COC4(C)OC(OC12)C(O)C(O)C4O)C(O)C(O[C@@H](CC1CCCCC1)C(=O)O)C3NC(C)=O. The molecular formula is C52H86BrN7O14. The second-order valence-electron chi connectivity index (χ2n) is 21.4. The summed E-state index contributed by atoms with van der Waals surface area (Å²) in [6.07, 6.45) is -7.63. The van der Waals surface area contributed by atoms with Gasteiger partial charge in [-0.05, 0) is 94.2 Å². The predicted octanol–water partition coefficient (Wildman–Crippen LogP) is 0.811. The quantitative estimate of drug-likeness (QED) is 0.108. The first-order valence-corrected chi connectivity index (χ1v) is 28.2. The maximum absolute atomic E-state index is 14.1. The number of aliphatic hydroxyl groups excluding tert-OH is 4. The zero-order chi connectivity index (χ0) is 52.8. The molecule has 0 aromatic heterocycles. The molecule has 6 aliphatic rings. The molecule has 2 saturated carbocycles. The molecule has 21 nitrogen and oxygen atoms in total. The normalized spacial score (nSPS) is 35.9. The molecule has 4 aliphatic heterocycles. The van der Waals surface area contributed by atoms with E-state index in [2.05, 4.69) is 70.9 Å². The number of aliphatic carboxylic acids is 1. The van der Waals surface area contributed by atoms with Gasteiger partial charge in [-0.25, -0.2) is 4.79 Å². The van der Waals surface area contributed by atoms with Gasteiger partial charge in [-0.2, -0.15) is 0 Å². The lowest BCUT2D eigenvalue weighted by atomic mass is 9.75. The minimum Gasteiger partial charge on any atom is -0.479 e. The number of carboxylic acid groups (broad SMARTS) is 1. The molecule has 74 heavy (non-hydrogen) atoms. The third-order valence-electron chi connectivity index (χ3n) is 15.8. The molecule has 22 heteroatoms. The van der Waals surface area contributed by atoms with Crippen molar-refractivity contribution in [2.45, 2.75) is 184 Å². The van der Waals surface area contributed by atoms with Crippen molar-refractivity contribution >= 4 is 33.7 Å². The first-order valence-electron chi connectivity index (χ1n) is 27.4. The summed E-state index contributed by atoms with van der Waals surface area (Å²) in [4.78, 5) is 42.4. The highest BCUT2D eigenvalue weighted by Crippen LogP contribution is 2.42. The largest absolute Gasteiger partial charge is 0.479 e. The van der Waals surface area contributed by atoms with Crippen LogP contribution in [-0.2, 0) is 55.9 Å². The van der Waals surface area contributed by atoms with Gasteiger partial charge in [0.05, 0.1) is 18.8 Å². The van der Waals surface area contributed by atoms with Crippen LogP contribution in [0.4, 0.5) is 0 Å². The highest BCUT2D eigenvalue weighted by atomic mass is 79.9. The molecule has 2 aliphatic carbocycles. The minimum atomic E-state index is -1.99. The zero-order valence-electron chi connectivity index (χ0n) is 43.6. The fourth-order valence-electron chi connectivity index (χ4n) is 11.5. The number of nitrogens with zero attached hydrogens (tertiary/aromatic N) is 1. The van der Waals surface area contributed by atoms with Crippen LogP contribution in [0.1, 0.15) is 103 Å². The van der Waals surface area contributed by atoms with E-state index < -0.39 is 104 Å². The van der Waals surface area contributed by atoms with Gasteiger partial charge in [-0.15, -0.1) is 0 Å². The molecule has 4 saturated heterocycles. The van der Waals surface area contributed by atoms with E-state index in [4.69, 9.17) is 28.4 Å². The molecule has 1 aromatic rings. The summed E-state index contributed by atoms with van der Waals surface area (Å²) in [5, 5.41) is 76.0. The van der Waals surface area contributed by atoms with Gasteiger partial charge in [0.2, 0.25) is 11.8 Å². The van der Waals surface area contributed by atoms with E-state index in [0.717, 1.165) is 114 Å². The van der Waals surface area contributed by atoms with Gasteiger partial charge < -0.3 is 85.9 Å². The number of fused-ring (bicyclic) bond motifs is 5. The zero-order valence-corrected chi connectivity index (χ0v) is 45.2. The average molecular weight is 1110 g/mol. The third-order valence-corrected chi connectivity index (χ3v) is 16.5. The number of hydrogen-bond acceptors (Lipinski definition) is 18. The number of ether oxygens (including phenoxy) is 6. The van der Waals surface area contributed by atoms with Crippen molar-refractivity contribution < 1.29 is 68.3 Å². The molecule has 0 radical (unpaired) electrons. The van der Waals surface area contributed by atoms with Crippen LogP contribution in [0.3, 0.4) is 0 Å². The Bertz CT molecular complexity index is 1910. The monoisotopic (exact) mass is 1110 g/mol. The smallest absolute Gasteiger partial charge is 0.332 e. The maximum atomic E-state index is 14.1. The maximum Gasteiger partial charge on any atom is 0.332 e. The molecular weight excluding hydrogens is 1030 g/mol. The number of aliphatic hydroxyl groups is 4. The van der Waals surface area contributed by atoms with Crippen LogP contribution >= 0.6 is 15.9 Å². The lowest BCUT2D eigenvalue weighted by molar-refractivity contribution is -0.420. The van der Waals surface area contributed by atoms with Crippen LogP contribution in [0.5, 0.6) is 0 Å². The summed E-state index contributed by atoms with van der Waals surface area (Å²) in [7, 11) is 0. The van der Waals surface area contributed by atoms with Crippen molar-refractivity contribution in [1.29, 1.82) is 0 Å². The predicted molar refractivity (Wildman–Crippen MR) is 275 cm³/mol. The van der Waals surface area contributed by atoms with Crippen LogP contribution in [0, 0.1) is 17.8 Å². The number of rotatable bonds is 15. The molecule has 1 aromatic carbocycles. The fourth-order valence-corrected chi connectivity index (χ4v) is 12.0. The number of carboxylic acids is 1. The highest BCUT2D eigenvalue weighted by molar-refractivity contribution is 9.10. The van der Waals surface area contributed by atoms with Gasteiger partial charge in [-0.3, -0.25) is 14.5 Å². The van der Waals surface area contributed by atoms with Crippen molar-refractivity contribution in [2.75, 3.05) is 72.1 Å². The molecule has 6 fully saturated rings. The van der Waals surface area contributed by atoms with Crippen LogP contribution in [0.25, 0.3) is 0 Å². The minimum absolute atomic E-state index is 0.0902. The Morgan fingerprint density at radius 2 is 1.59 bits per heavy atom. The Kier molecular flexibility index (Phi) is 23.1. The summed E-state index contributed by atoms with van der Waals surface area (Å²) in [6.45, 7) is 14.2. The van der Waals surface area contributed by atoms with E-state index in [1.54, 1.807) is 0 Å². The van der Waals surface area contributed by atoms with Gasteiger partial charge in [0, 0.05) is 69.7 Å². The molecule has 14 unspecified atom stereocenters. The lowest BCUT2D eigenvalue weighted by Crippen LogP contribution is -2.70. The van der Waals surface area contributed by atoms with Gasteiger partial charge in [-0.1, -0.05) is 73.5 Å². The summed E-state index contributed by atoms with van der Waals surface area (Å²) < 4.78 is 39.4. The van der Waals surface area contributed by atoms with E-state index in [1.165, 1.54) is 19.4 Å². The van der Waals surface area contributed by atoms with E-state index in [9.17, 15) is 39.9 Å². The molecule has 4 heterocycles. The van der Waals surface area contributed by atoms with Crippen LogP contribution in [0.2, 0.25) is 0 Å². The summed E-state index contributed by atoms with van der Waals surface area (Å²) >= 11 is 3.84. The number of hydrogen-bond donors (Lipinski definition) is 11. The molecule has 2 amide bonds. The summed E-state index contributed by atoms with van der Waals surface area (Å²) in [5.41, 5.74) is 2.33.